The van der Waals surface area contributed by atoms with Crippen LogP contribution in [0.2, 0.25) is 0 Å². The normalized spacial score (nSPS) is 24.8. The lowest BCUT2D eigenvalue weighted by Gasteiger charge is -2.44. The van der Waals surface area contributed by atoms with Crippen molar-refractivity contribution in [1.29, 1.82) is 0 Å². The number of hydrogen-bond donors (Lipinski definition) is 2. The number of nitrogens with two attached hydrogens (primary N) is 1. The molecule has 5 heteroatoms. The minimum Gasteiger partial charge on any atom is -0.392 e. The Bertz CT molecular complexity index is 526. The summed E-state index contributed by atoms with van der Waals surface area (Å²) < 4.78 is 13.0. The van der Waals surface area contributed by atoms with Gasteiger partial charge in [0.2, 0.25) is 5.91 Å². The Balaban J connectivity index is 1.88. The average molecular weight is 294 g/mol. The first kappa shape index (κ1) is 14.9. The molecule has 0 heterocycles. The molecule has 20 heavy (non-hydrogen) atoms. The van der Waals surface area contributed by atoms with E-state index in [0.29, 0.717) is 31.7 Å². The lowest BCUT2D eigenvalue weighted by atomic mass is 9.62. The molecule has 1 fully saturated rings. The SMILES string of the molecule is CC1CC(C(=O)NCCc2cccc(F)c2)(C(N)=S)C1. The predicted molar refractivity (Wildman–Crippen MR) is 80.7 cm³/mol. The first-order chi connectivity index (χ1) is 9.44. The van der Waals surface area contributed by atoms with Gasteiger partial charge >= 0.3 is 0 Å². The number of thiocarbonyl (C=S) groups is 1. The van der Waals surface area contributed by atoms with Crippen LogP contribution in [0.25, 0.3) is 0 Å². The summed E-state index contributed by atoms with van der Waals surface area (Å²) in [7, 11) is 0. The van der Waals surface area contributed by atoms with E-state index in [0.717, 1.165) is 5.56 Å². The number of nitrogens with one attached hydrogen (secondary N) is 1. The van der Waals surface area contributed by atoms with Gasteiger partial charge < -0.3 is 11.1 Å². The summed E-state index contributed by atoms with van der Waals surface area (Å²) >= 11 is 5.04. The van der Waals surface area contributed by atoms with E-state index in [1.807, 2.05) is 6.07 Å². The van der Waals surface area contributed by atoms with E-state index >= 15 is 0 Å². The van der Waals surface area contributed by atoms with Crippen molar-refractivity contribution in [2.75, 3.05) is 6.54 Å². The summed E-state index contributed by atoms with van der Waals surface area (Å²) in [4.78, 5) is 12.5. The second-order valence-electron chi connectivity index (χ2n) is 5.60. The first-order valence-corrected chi connectivity index (χ1v) is 7.17. The van der Waals surface area contributed by atoms with E-state index in [1.165, 1.54) is 12.1 Å². The molecule has 0 unspecified atom stereocenters. The molecular formula is C15H19FN2OS. The fourth-order valence-corrected chi connectivity index (χ4v) is 3.07. The van der Waals surface area contributed by atoms with E-state index in [4.69, 9.17) is 18.0 Å². The molecule has 0 aliphatic heterocycles. The van der Waals surface area contributed by atoms with Crippen molar-refractivity contribution in [2.45, 2.75) is 26.2 Å². The third-order valence-corrected chi connectivity index (χ3v) is 4.28. The van der Waals surface area contributed by atoms with E-state index in [-0.39, 0.29) is 16.7 Å². The van der Waals surface area contributed by atoms with Crippen molar-refractivity contribution in [3.8, 4) is 0 Å². The third-order valence-electron chi connectivity index (χ3n) is 3.89. The zero-order valence-corrected chi connectivity index (χ0v) is 12.3. The van der Waals surface area contributed by atoms with Crippen LogP contribution in [0.4, 0.5) is 4.39 Å². The molecule has 0 atom stereocenters. The van der Waals surface area contributed by atoms with E-state index in [2.05, 4.69) is 12.2 Å². The van der Waals surface area contributed by atoms with Crippen LogP contribution in [-0.2, 0) is 11.2 Å². The smallest absolute Gasteiger partial charge is 0.233 e. The van der Waals surface area contributed by atoms with Crippen molar-refractivity contribution >= 4 is 23.1 Å². The molecule has 0 radical (unpaired) electrons. The molecule has 0 spiro atoms. The Morgan fingerprint density at radius 1 is 1.55 bits per heavy atom. The molecule has 1 aliphatic rings. The number of carbonyl (C=O) groups excluding carboxylic acids is 1. The van der Waals surface area contributed by atoms with Crippen molar-refractivity contribution in [3.05, 3.63) is 35.6 Å². The molecule has 0 aromatic heterocycles. The molecule has 0 bridgehead atoms. The van der Waals surface area contributed by atoms with Gasteiger partial charge in [-0.1, -0.05) is 31.3 Å². The molecule has 2 rings (SSSR count). The van der Waals surface area contributed by atoms with Crippen LogP contribution in [0.3, 0.4) is 0 Å². The van der Waals surface area contributed by atoms with Gasteiger partial charge in [-0.05, 0) is 42.9 Å². The molecule has 1 aromatic carbocycles. The maximum Gasteiger partial charge on any atom is 0.233 e. The Morgan fingerprint density at radius 3 is 2.80 bits per heavy atom. The Morgan fingerprint density at radius 2 is 2.25 bits per heavy atom. The minimum atomic E-state index is -0.670. The van der Waals surface area contributed by atoms with Crippen molar-refractivity contribution in [3.63, 3.8) is 0 Å². The van der Waals surface area contributed by atoms with E-state index in [1.54, 1.807) is 6.07 Å². The van der Waals surface area contributed by atoms with Crippen LogP contribution in [0, 0.1) is 17.2 Å². The highest BCUT2D eigenvalue weighted by Gasteiger charge is 2.50. The second-order valence-corrected chi connectivity index (χ2v) is 6.04. The summed E-state index contributed by atoms with van der Waals surface area (Å²) in [6.45, 7) is 2.54. The number of amides is 1. The molecular weight excluding hydrogens is 275 g/mol. The number of carbonyl (C=O) groups is 1. The number of halogens is 1. The number of benzene rings is 1. The summed E-state index contributed by atoms with van der Waals surface area (Å²) in [6.07, 6.45) is 2.02. The summed E-state index contributed by atoms with van der Waals surface area (Å²) in [6, 6.07) is 6.38. The number of hydrogen-bond acceptors (Lipinski definition) is 2. The lowest BCUT2D eigenvalue weighted by molar-refractivity contribution is -0.132. The molecule has 1 aromatic rings. The van der Waals surface area contributed by atoms with Crippen molar-refractivity contribution < 1.29 is 9.18 Å². The highest BCUT2D eigenvalue weighted by Crippen LogP contribution is 2.45. The van der Waals surface area contributed by atoms with Crippen LogP contribution < -0.4 is 11.1 Å². The maximum atomic E-state index is 13.0. The quantitative estimate of drug-likeness (QED) is 0.819. The fraction of sp³-hybridized carbons (Fsp3) is 0.467. The predicted octanol–water partition coefficient (Wildman–Crippen LogP) is 2.19. The highest BCUT2D eigenvalue weighted by atomic mass is 32.1. The Kier molecular flexibility index (Phi) is 4.38. The van der Waals surface area contributed by atoms with Crippen LogP contribution in [0.1, 0.15) is 25.3 Å². The summed E-state index contributed by atoms with van der Waals surface area (Å²) in [5.41, 5.74) is 5.91. The van der Waals surface area contributed by atoms with Gasteiger partial charge in [0.15, 0.2) is 0 Å². The van der Waals surface area contributed by atoms with Gasteiger partial charge in [-0.2, -0.15) is 0 Å². The van der Waals surface area contributed by atoms with Crippen molar-refractivity contribution in [2.24, 2.45) is 17.1 Å². The van der Waals surface area contributed by atoms with Crippen LogP contribution in [-0.4, -0.2) is 17.4 Å². The number of rotatable bonds is 5. The Hall–Kier alpha value is -1.49. The monoisotopic (exact) mass is 294 g/mol. The standard InChI is InChI=1S/C15H19FN2OS/c1-10-8-15(9-10,13(17)20)14(19)18-6-5-11-3-2-4-12(16)7-11/h2-4,7,10H,5-6,8-9H2,1H3,(H2,17,20)(H,18,19). The maximum absolute atomic E-state index is 13.0. The Labute approximate surface area is 123 Å². The highest BCUT2D eigenvalue weighted by molar-refractivity contribution is 7.80. The van der Waals surface area contributed by atoms with Gasteiger partial charge in [-0.15, -0.1) is 0 Å². The van der Waals surface area contributed by atoms with Gasteiger partial charge in [-0.3, -0.25) is 4.79 Å². The van der Waals surface area contributed by atoms with E-state index < -0.39 is 5.41 Å². The second kappa shape index (κ2) is 5.87. The van der Waals surface area contributed by atoms with Gasteiger partial charge in [0.1, 0.15) is 5.82 Å². The average Bonchev–Trinajstić information content (AvgIpc) is 2.34. The molecule has 0 saturated heterocycles. The zero-order valence-electron chi connectivity index (χ0n) is 11.5. The topological polar surface area (TPSA) is 55.1 Å². The molecule has 1 saturated carbocycles. The van der Waals surface area contributed by atoms with Gasteiger partial charge in [0.25, 0.3) is 0 Å². The minimum absolute atomic E-state index is 0.0977. The first-order valence-electron chi connectivity index (χ1n) is 6.77. The van der Waals surface area contributed by atoms with Gasteiger partial charge in [0.05, 0.1) is 10.4 Å². The molecule has 108 valence electrons. The summed E-state index contributed by atoms with van der Waals surface area (Å²) in [5, 5.41) is 2.87. The largest absolute Gasteiger partial charge is 0.392 e. The van der Waals surface area contributed by atoms with Crippen LogP contribution in [0.15, 0.2) is 24.3 Å². The molecule has 1 aliphatic carbocycles. The molecule has 3 N–H and O–H groups in total. The van der Waals surface area contributed by atoms with Crippen molar-refractivity contribution in [1.82, 2.24) is 5.32 Å². The fourth-order valence-electron chi connectivity index (χ4n) is 2.81. The van der Waals surface area contributed by atoms with E-state index in [9.17, 15) is 9.18 Å². The molecule has 1 amide bonds. The zero-order chi connectivity index (χ0) is 14.8. The van der Waals surface area contributed by atoms with Crippen LogP contribution in [0.5, 0.6) is 0 Å². The van der Waals surface area contributed by atoms with Crippen LogP contribution >= 0.6 is 12.2 Å². The summed E-state index contributed by atoms with van der Waals surface area (Å²) in [5.74, 6) is 0.117. The lowest BCUT2D eigenvalue weighted by Crippen LogP contribution is -2.56. The molecule has 3 nitrogen and oxygen atoms in total. The van der Waals surface area contributed by atoms with Gasteiger partial charge in [-0.25, -0.2) is 4.39 Å². The van der Waals surface area contributed by atoms with Gasteiger partial charge in [0, 0.05) is 6.54 Å². The third kappa shape index (κ3) is 2.98.